The number of amides is 2. The number of fused-ring (bicyclic) bond motifs is 2. The van der Waals surface area contributed by atoms with E-state index in [0.29, 0.717) is 29.9 Å². The molecule has 2 atom stereocenters. The molecule has 10 nitrogen and oxygen atoms in total. The van der Waals surface area contributed by atoms with Crippen molar-refractivity contribution < 1.29 is 46.2 Å². The van der Waals surface area contributed by atoms with E-state index in [0.717, 1.165) is 19.3 Å². The molecule has 4 aliphatic rings. The summed E-state index contributed by atoms with van der Waals surface area (Å²) < 4.78 is 65.6. The molecule has 2 aliphatic carbocycles. The van der Waals surface area contributed by atoms with Crippen molar-refractivity contribution in [1.82, 2.24) is 10.1 Å². The minimum atomic E-state index is -4.86. The zero-order valence-electron chi connectivity index (χ0n) is 23.5. The van der Waals surface area contributed by atoms with Gasteiger partial charge in [-0.25, -0.2) is 9.59 Å². The molecule has 7 rings (SSSR count). The quantitative estimate of drug-likeness (QED) is 0.286. The molecule has 1 N–H and O–H groups in total. The number of rotatable bonds is 9. The van der Waals surface area contributed by atoms with E-state index in [1.807, 2.05) is 0 Å². The van der Waals surface area contributed by atoms with E-state index < -0.39 is 12.3 Å². The molecule has 0 radical (unpaired) electrons. The number of urea groups is 1. The first-order chi connectivity index (χ1) is 20.7. The number of carbonyl (C=O) groups is 2. The lowest BCUT2D eigenvalue weighted by Gasteiger charge is -2.54. The van der Waals surface area contributed by atoms with Gasteiger partial charge in [0, 0.05) is 29.1 Å². The molecule has 2 saturated carbocycles. The number of hydrogen-bond donors (Lipinski definition) is 1. The zero-order chi connectivity index (χ0) is 30.3. The predicted octanol–water partition coefficient (Wildman–Crippen LogP) is 6.27. The van der Waals surface area contributed by atoms with Crippen LogP contribution in [0.15, 0.2) is 47.0 Å². The molecule has 2 saturated heterocycles. The molecule has 228 valence electrons. The van der Waals surface area contributed by atoms with E-state index in [-0.39, 0.29) is 65.0 Å². The van der Waals surface area contributed by atoms with Crippen LogP contribution in [0.3, 0.4) is 0 Å². The minimum Gasteiger partial charge on any atom is -0.495 e. The smallest absolute Gasteiger partial charge is 0.495 e. The maximum Gasteiger partial charge on any atom is 0.573 e. The van der Waals surface area contributed by atoms with E-state index >= 15 is 0 Å². The van der Waals surface area contributed by atoms with Crippen LogP contribution in [0, 0.1) is 0 Å². The standard InChI is InChI=1S/C30H30F3N3O7/c1-39-24-9-5-7-21(28(37)40-2)26(24)34-29(38)36-17-12-18(36)14-19(13-17)41-15-22-25(35-43-27(22)16-10-11-16)20-6-3-4-8-23(20)42-30(31,32)33/h3-9,16-19H,10-15H2,1-2H3,(H,34,38). The number of hydrogen-bond acceptors (Lipinski definition) is 8. The summed E-state index contributed by atoms with van der Waals surface area (Å²) in [6, 6.07) is 10.2. The Morgan fingerprint density at radius 1 is 1.02 bits per heavy atom. The summed E-state index contributed by atoms with van der Waals surface area (Å²) in [7, 11) is 2.71. The fourth-order valence-electron chi connectivity index (χ4n) is 5.99. The Labute approximate surface area is 245 Å². The number of ether oxygens (including phenoxy) is 4. The van der Waals surface area contributed by atoms with Gasteiger partial charge in [0.15, 0.2) is 0 Å². The van der Waals surface area contributed by atoms with Crippen LogP contribution in [-0.2, 0) is 16.1 Å². The summed E-state index contributed by atoms with van der Waals surface area (Å²) in [5.41, 5.74) is 1.47. The van der Waals surface area contributed by atoms with Crippen molar-refractivity contribution in [2.75, 3.05) is 19.5 Å². The molecule has 2 unspecified atom stereocenters. The molecule has 3 heterocycles. The number of nitrogens with one attached hydrogen (secondary N) is 1. The van der Waals surface area contributed by atoms with Crippen molar-refractivity contribution >= 4 is 17.7 Å². The summed E-state index contributed by atoms with van der Waals surface area (Å²) in [6.45, 7) is 0.102. The number of alkyl halides is 3. The van der Waals surface area contributed by atoms with Crippen molar-refractivity contribution in [3.8, 4) is 22.8 Å². The number of carbonyl (C=O) groups excluding carboxylic acids is 2. The second-order valence-electron chi connectivity index (χ2n) is 10.9. The molecule has 4 fully saturated rings. The number of piperidine rings is 1. The van der Waals surface area contributed by atoms with Gasteiger partial charge in [-0.2, -0.15) is 0 Å². The van der Waals surface area contributed by atoms with E-state index in [9.17, 15) is 22.8 Å². The van der Waals surface area contributed by atoms with Crippen LogP contribution < -0.4 is 14.8 Å². The van der Waals surface area contributed by atoms with Gasteiger partial charge >= 0.3 is 18.4 Å². The van der Waals surface area contributed by atoms with Gasteiger partial charge in [-0.15, -0.1) is 13.2 Å². The van der Waals surface area contributed by atoms with E-state index in [1.165, 1.54) is 32.4 Å². The first-order valence-corrected chi connectivity index (χ1v) is 14.0. The van der Waals surface area contributed by atoms with E-state index in [4.69, 9.17) is 18.7 Å². The Kier molecular flexibility index (Phi) is 7.67. The van der Waals surface area contributed by atoms with E-state index in [1.54, 1.807) is 29.2 Å². The number of esters is 1. The summed E-state index contributed by atoms with van der Waals surface area (Å²) in [6.07, 6.45) is -1.25. The predicted molar refractivity (Wildman–Crippen MR) is 146 cm³/mol. The molecular formula is C30H30F3N3O7. The minimum absolute atomic E-state index is 0.0780. The topological polar surface area (TPSA) is 112 Å². The lowest BCUT2D eigenvalue weighted by molar-refractivity contribution is -0.274. The molecular weight excluding hydrogens is 571 g/mol. The highest BCUT2D eigenvalue weighted by Crippen LogP contribution is 2.46. The summed E-state index contributed by atoms with van der Waals surface area (Å²) in [4.78, 5) is 27.3. The Bertz CT molecular complexity index is 1510. The van der Waals surface area contributed by atoms with Crippen molar-refractivity contribution in [2.24, 2.45) is 0 Å². The van der Waals surface area contributed by atoms with Crippen LogP contribution >= 0.6 is 0 Å². The highest BCUT2D eigenvalue weighted by Gasteiger charge is 2.48. The maximum atomic E-state index is 13.3. The van der Waals surface area contributed by atoms with Crippen LogP contribution in [0.4, 0.5) is 23.7 Å². The molecule has 2 aromatic carbocycles. The Balaban J connectivity index is 1.14. The average Bonchev–Trinajstić information content (AvgIpc) is 3.74. The molecule has 2 aliphatic heterocycles. The molecule has 3 aromatic rings. The van der Waals surface area contributed by atoms with Crippen molar-refractivity contribution in [3.05, 3.63) is 59.4 Å². The first kappa shape index (κ1) is 28.8. The zero-order valence-corrected chi connectivity index (χ0v) is 23.5. The number of methoxy groups -OCH3 is 2. The molecule has 1 aromatic heterocycles. The first-order valence-electron chi connectivity index (χ1n) is 14.0. The second-order valence-corrected chi connectivity index (χ2v) is 10.9. The number of benzene rings is 2. The molecule has 2 bridgehead atoms. The molecule has 13 heteroatoms. The molecule has 43 heavy (non-hydrogen) atoms. The Morgan fingerprint density at radius 3 is 2.42 bits per heavy atom. The fourth-order valence-corrected chi connectivity index (χ4v) is 5.99. The van der Waals surface area contributed by atoms with E-state index in [2.05, 4.69) is 15.2 Å². The van der Waals surface area contributed by atoms with Crippen LogP contribution in [0.25, 0.3) is 11.3 Å². The summed E-state index contributed by atoms with van der Waals surface area (Å²) in [5.74, 6) is 0.147. The SMILES string of the molecule is COC(=O)c1cccc(OC)c1NC(=O)N1C2CC(OCc3c(-c4ccccc4OC(F)(F)F)noc3C3CC3)CC1C2. The van der Waals surface area contributed by atoms with Crippen LogP contribution in [0.5, 0.6) is 11.5 Å². The lowest BCUT2D eigenvalue weighted by Crippen LogP contribution is -2.65. The van der Waals surface area contributed by atoms with Gasteiger partial charge in [0.1, 0.15) is 23.0 Å². The van der Waals surface area contributed by atoms with Crippen LogP contribution in [0.2, 0.25) is 0 Å². The molecule has 2 amide bonds. The average molecular weight is 602 g/mol. The number of aromatic nitrogens is 1. The number of para-hydroxylation sites is 2. The fraction of sp³-hybridized carbons (Fsp3) is 0.433. The van der Waals surface area contributed by atoms with Gasteiger partial charge in [0.25, 0.3) is 0 Å². The van der Waals surface area contributed by atoms with Crippen LogP contribution in [-0.4, -0.2) is 60.8 Å². The number of halogens is 3. The highest BCUT2D eigenvalue weighted by molar-refractivity contribution is 6.03. The maximum absolute atomic E-state index is 13.3. The van der Waals surface area contributed by atoms with Gasteiger partial charge in [-0.1, -0.05) is 23.4 Å². The summed E-state index contributed by atoms with van der Waals surface area (Å²) >= 11 is 0. The largest absolute Gasteiger partial charge is 0.573 e. The Morgan fingerprint density at radius 2 is 1.74 bits per heavy atom. The van der Waals surface area contributed by atoms with Crippen molar-refractivity contribution in [1.29, 1.82) is 0 Å². The normalized spacial score (nSPS) is 21.1. The monoisotopic (exact) mass is 601 g/mol. The summed E-state index contributed by atoms with van der Waals surface area (Å²) in [5, 5.41) is 6.96. The van der Waals surface area contributed by atoms with Gasteiger partial charge in [0.2, 0.25) is 0 Å². The van der Waals surface area contributed by atoms with Gasteiger partial charge in [0.05, 0.1) is 38.2 Å². The van der Waals surface area contributed by atoms with Crippen molar-refractivity contribution in [3.63, 3.8) is 0 Å². The third-order valence-electron chi connectivity index (χ3n) is 8.12. The third-order valence-corrected chi connectivity index (χ3v) is 8.12. The molecule has 0 spiro atoms. The third kappa shape index (κ3) is 5.85. The number of anilines is 1. The van der Waals surface area contributed by atoms with Gasteiger partial charge in [-0.3, -0.25) is 0 Å². The lowest BCUT2D eigenvalue weighted by atomic mass is 9.78. The van der Waals surface area contributed by atoms with Gasteiger partial charge < -0.3 is 33.7 Å². The Hall–Kier alpha value is -4.26. The number of nitrogens with zero attached hydrogens (tertiary/aromatic N) is 2. The second kappa shape index (κ2) is 11.4. The van der Waals surface area contributed by atoms with Crippen molar-refractivity contribution in [2.45, 2.75) is 69.2 Å². The van der Waals surface area contributed by atoms with Crippen LogP contribution in [0.1, 0.15) is 59.7 Å². The van der Waals surface area contributed by atoms with Gasteiger partial charge in [-0.05, 0) is 56.4 Å². The highest BCUT2D eigenvalue weighted by atomic mass is 19.4.